The molecule has 1 atom stereocenters. The third-order valence-electron chi connectivity index (χ3n) is 2.90. The fourth-order valence-corrected chi connectivity index (χ4v) is 1.95. The number of nitrogens with zero attached hydrogens (tertiary/aromatic N) is 1. The van der Waals surface area contributed by atoms with Crippen molar-refractivity contribution in [3.8, 4) is 0 Å². The number of aromatic nitrogens is 1. The first-order chi connectivity index (χ1) is 9.10. The van der Waals surface area contributed by atoms with Gasteiger partial charge in [-0.1, -0.05) is 12.1 Å². The van der Waals surface area contributed by atoms with Gasteiger partial charge < -0.3 is 9.84 Å². The molecule has 0 radical (unpaired) electrons. The third kappa shape index (κ3) is 3.29. The first-order valence-corrected chi connectivity index (χ1v) is 6.31. The second-order valence-corrected chi connectivity index (χ2v) is 4.43. The number of carbonyl (C=O) groups is 1. The van der Waals surface area contributed by atoms with Crippen LogP contribution in [0, 0.1) is 6.92 Å². The van der Waals surface area contributed by atoms with Crippen LogP contribution in [0.5, 0.6) is 0 Å². The minimum Gasteiger partial charge on any atom is -0.466 e. The number of hydrogen-bond donors (Lipinski definition) is 1. The van der Waals surface area contributed by atoms with Crippen LogP contribution in [0.3, 0.4) is 0 Å². The highest BCUT2D eigenvalue weighted by atomic mass is 16.5. The van der Waals surface area contributed by atoms with Crippen molar-refractivity contribution in [3.63, 3.8) is 0 Å². The van der Waals surface area contributed by atoms with E-state index in [4.69, 9.17) is 4.74 Å². The highest BCUT2D eigenvalue weighted by molar-refractivity contribution is 5.79. The Bertz CT molecular complexity index is 595. The van der Waals surface area contributed by atoms with Crippen LogP contribution in [0.2, 0.25) is 0 Å². The van der Waals surface area contributed by atoms with E-state index in [1.54, 1.807) is 13.0 Å². The Morgan fingerprint density at radius 2 is 2.16 bits per heavy atom. The summed E-state index contributed by atoms with van der Waals surface area (Å²) in [6.07, 6.45) is -0.872. The van der Waals surface area contributed by atoms with Gasteiger partial charge in [-0.2, -0.15) is 0 Å². The van der Waals surface area contributed by atoms with Gasteiger partial charge in [-0.25, -0.2) is 0 Å². The van der Waals surface area contributed by atoms with Gasteiger partial charge in [-0.05, 0) is 37.6 Å². The molecule has 0 aliphatic carbocycles. The second-order valence-electron chi connectivity index (χ2n) is 4.43. The van der Waals surface area contributed by atoms with Gasteiger partial charge in [-0.3, -0.25) is 9.78 Å². The highest BCUT2D eigenvalue weighted by Crippen LogP contribution is 2.22. The molecule has 19 heavy (non-hydrogen) atoms. The van der Waals surface area contributed by atoms with Crippen LogP contribution in [0.15, 0.2) is 30.3 Å². The molecule has 1 unspecified atom stereocenters. The van der Waals surface area contributed by atoms with Crippen molar-refractivity contribution in [1.29, 1.82) is 0 Å². The number of aliphatic hydroxyl groups excluding tert-OH is 1. The van der Waals surface area contributed by atoms with E-state index in [0.717, 1.165) is 16.6 Å². The van der Waals surface area contributed by atoms with Crippen molar-refractivity contribution in [2.24, 2.45) is 0 Å². The van der Waals surface area contributed by atoms with E-state index in [1.807, 2.05) is 31.2 Å². The van der Waals surface area contributed by atoms with E-state index >= 15 is 0 Å². The summed E-state index contributed by atoms with van der Waals surface area (Å²) in [7, 11) is 0. The zero-order valence-corrected chi connectivity index (χ0v) is 11.1. The predicted octanol–water partition coefficient (Wildman–Crippen LogP) is 2.53. The molecule has 0 bridgehead atoms. The van der Waals surface area contributed by atoms with Gasteiger partial charge in [0.05, 0.1) is 24.6 Å². The van der Waals surface area contributed by atoms with Crippen LogP contribution >= 0.6 is 0 Å². The number of ether oxygens (including phenoxy) is 1. The van der Waals surface area contributed by atoms with E-state index < -0.39 is 12.1 Å². The Balaban J connectivity index is 2.20. The molecule has 0 fully saturated rings. The molecule has 4 nitrogen and oxygen atoms in total. The van der Waals surface area contributed by atoms with Crippen molar-refractivity contribution in [3.05, 3.63) is 41.6 Å². The lowest BCUT2D eigenvalue weighted by Crippen LogP contribution is -2.10. The van der Waals surface area contributed by atoms with Crippen LogP contribution in [0.4, 0.5) is 0 Å². The first-order valence-electron chi connectivity index (χ1n) is 6.31. The summed E-state index contributed by atoms with van der Waals surface area (Å²) in [6, 6.07) is 9.37. The summed E-state index contributed by atoms with van der Waals surface area (Å²) in [6.45, 7) is 4.00. The molecule has 1 aromatic carbocycles. The summed E-state index contributed by atoms with van der Waals surface area (Å²) >= 11 is 0. The number of esters is 1. The van der Waals surface area contributed by atoms with E-state index in [-0.39, 0.29) is 6.42 Å². The zero-order valence-electron chi connectivity index (χ0n) is 11.1. The maximum Gasteiger partial charge on any atom is 0.308 e. The van der Waals surface area contributed by atoms with E-state index in [1.165, 1.54) is 0 Å². The molecule has 2 rings (SSSR count). The SMILES string of the molecule is CCOC(=O)CC(O)c1ccc2nc(C)ccc2c1. The number of hydrogen-bond acceptors (Lipinski definition) is 4. The summed E-state index contributed by atoms with van der Waals surface area (Å²) in [5.41, 5.74) is 2.53. The standard InChI is InChI=1S/C15H17NO3/c1-3-19-15(18)9-14(17)12-6-7-13-11(8-12)5-4-10(2)16-13/h4-8,14,17H,3,9H2,1-2H3. The van der Waals surface area contributed by atoms with Crippen LogP contribution in [-0.4, -0.2) is 22.7 Å². The van der Waals surface area contributed by atoms with Crippen molar-refractivity contribution >= 4 is 16.9 Å². The molecule has 0 saturated carbocycles. The molecule has 0 saturated heterocycles. The van der Waals surface area contributed by atoms with Crippen LogP contribution < -0.4 is 0 Å². The quantitative estimate of drug-likeness (QED) is 0.857. The van der Waals surface area contributed by atoms with E-state index in [0.29, 0.717) is 12.2 Å². The Hall–Kier alpha value is -1.94. The molecule has 0 amide bonds. The van der Waals surface area contributed by atoms with Gasteiger partial charge in [0.2, 0.25) is 0 Å². The molecule has 0 spiro atoms. The van der Waals surface area contributed by atoms with Crippen molar-refractivity contribution in [1.82, 2.24) is 4.98 Å². The maximum atomic E-state index is 11.3. The summed E-state index contributed by atoms with van der Waals surface area (Å²) in [5, 5.41) is 11.0. The van der Waals surface area contributed by atoms with Gasteiger partial charge in [0.25, 0.3) is 0 Å². The van der Waals surface area contributed by atoms with Crippen LogP contribution in [0.25, 0.3) is 10.9 Å². The molecule has 1 N–H and O–H groups in total. The minimum atomic E-state index is -0.843. The largest absolute Gasteiger partial charge is 0.466 e. The smallest absolute Gasteiger partial charge is 0.308 e. The Labute approximate surface area is 112 Å². The molecule has 0 aliphatic rings. The molecule has 2 aromatic rings. The number of aryl methyl sites for hydroxylation is 1. The maximum absolute atomic E-state index is 11.3. The predicted molar refractivity (Wildman–Crippen MR) is 72.7 cm³/mol. The Morgan fingerprint density at radius 3 is 2.89 bits per heavy atom. The summed E-state index contributed by atoms with van der Waals surface area (Å²) < 4.78 is 4.83. The Morgan fingerprint density at radius 1 is 1.37 bits per heavy atom. The normalized spacial score (nSPS) is 12.4. The average molecular weight is 259 g/mol. The fraction of sp³-hybridized carbons (Fsp3) is 0.333. The van der Waals surface area contributed by atoms with Gasteiger partial charge in [-0.15, -0.1) is 0 Å². The molecule has 1 heterocycles. The average Bonchev–Trinajstić information content (AvgIpc) is 2.38. The highest BCUT2D eigenvalue weighted by Gasteiger charge is 2.14. The minimum absolute atomic E-state index is 0.0291. The number of rotatable bonds is 4. The van der Waals surface area contributed by atoms with Gasteiger partial charge in [0.1, 0.15) is 0 Å². The van der Waals surface area contributed by atoms with Crippen molar-refractivity contribution < 1.29 is 14.6 Å². The molecule has 0 aliphatic heterocycles. The molecule has 100 valence electrons. The van der Waals surface area contributed by atoms with Gasteiger partial charge >= 0.3 is 5.97 Å². The summed E-state index contributed by atoms with van der Waals surface area (Å²) in [4.78, 5) is 15.7. The van der Waals surface area contributed by atoms with Crippen LogP contribution in [0.1, 0.15) is 30.7 Å². The third-order valence-corrected chi connectivity index (χ3v) is 2.90. The number of carbonyl (C=O) groups excluding carboxylic acids is 1. The van der Waals surface area contributed by atoms with E-state index in [2.05, 4.69) is 4.98 Å². The lowest BCUT2D eigenvalue weighted by atomic mass is 10.0. The second kappa shape index (κ2) is 5.80. The monoisotopic (exact) mass is 259 g/mol. The van der Waals surface area contributed by atoms with E-state index in [9.17, 15) is 9.90 Å². The molecular weight excluding hydrogens is 242 g/mol. The van der Waals surface area contributed by atoms with Crippen LogP contribution in [-0.2, 0) is 9.53 Å². The first kappa shape index (κ1) is 13.5. The van der Waals surface area contributed by atoms with Crippen molar-refractivity contribution in [2.75, 3.05) is 6.61 Å². The Kier molecular flexibility index (Phi) is 4.12. The number of benzene rings is 1. The zero-order chi connectivity index (χ0) is 13.8. The summed E-state index contributed by atoms with van der Waals surface area (Å²) in [5.74, 6) is -0.392. The van der Waals surface area contributed by atoms with Gasteiger partial charge in [0.15, 0.2) is 0 Å². The number of aliphatic hydroxyl groups is 1. The van der Waals surface area contributed by atoms with Gasteiger partial charge in [0, 0.05) is 11.1 Å². The number of pyridine rings is 1. The molecule has 4 heteroatoms. The molecular formula is C15H17NO3. The topological polar surface area (TPSA) is 59.4 Å². The number of fused-ring (bicyclic) bond motifs is 1. The lowest BCUT2D eigenvalue weighted by Gasteiger charge is -2.11. The molecule has 1 aromatic heterocycles. The van der Waals surface area contributed by atoms with Crippen molar-refractivity contribution in [2.45, 2.75) is 26.4 Å². The fourth-order valence-electron chi connectivity index (χ4n) is 1.95. The lowest BCUT2D eigenvalue weighted by molar-refractivity contribution is -0.145.